The van der Waals surface area contributed by atoms with Gasteiger partial charge in [0.2, 0.25) is 0 Å². The van der Waals surface area contributed by atoms with E-state index in [0.29, 0.717) is 12.1 Å². The summed E-state index contributed by atoms with van der Waals surface area (Å²) in [4.78, 5) is 15.9. The van der Waals surface area contributed by atoms with Crippen LogP contribution in [0.15, 0.2) is 48.5 Å². The molecule has 0 spiro atoms. The van der Waals surface area contributed by atoms with Gasteiger partial charge < -0.3 is 16.0 Å². The number of aromatic nitrogens is 1. The van der Waals surface area contributed by atoms with Crippen LogP contribution in [0.25, 0.3) is 10.9 Å². The van der Waals surface area contributed by atoms with Crippen molar-refractivity contribution in [3.63, 3.8) is 0 Å². The molecule has 1 aliphatic rings. The summed E-state index contributed by atoms with van der Waals surface area (Å²) in [5, 5.41) is 4.12. The number of H-pyrrole nitrogens is 1. The molecule has 0 aliphatic heterocycles. The Hall–Kier alpha value is -2.59. The number of carbonyl (C=O) groups excluding carboxylic acids is 1. The van der Waals surface area contributed by atoms with Crippen molar-refractivity contribution in [1.82, 2.24) is 10.3 Å². The van der Waals surface area contributed by atoms with Crippen LogP contribution in [0, 0.1) is 0 Å². The Kier molecular flexibility index (Phi) is 3.82. The summed E-state index contributed by atoms with van der Waals surface area (Å²) in [6.45, 7) is 0.536. The maximum atomic E-state index is 12.5. The number of carbonyl (C=O) groups is 1. The first-order chi connectivity index (χ1) is 11.7. The van der Waals surface area contributed by atoms with Crippen molar-refractivity contribution in [3.05, 3.63) is 70.9 Å². The highest BCUT2D eigenvalue weighted by molar-refractivity contribution is 5.99. The Morgan fingerprint density at radius 2 is 2.04 bits per heavy atom. The summed E-state index contributed by atoms with van der Waals surface area (Å²) < 4.78 is 0. The zero-order valence-electron chi connectivity index (χ0n) is 13.5. The van der Waals surface area contributed by atoms with Crippen LogP contribution in [0.5, 0.6) is 0 Å². The number of nitrogens with one attached hydrogen (secondary N) is 2. The second-order valence-electron chi connectivity index (χ2n) is 6.51. The summed E-state index contributed by atoms with van der Waals surface area (Å²) in [7, 11) is 0. The highest BCUT2D eigenvalue weighted by atomic mass is 16.1. The highest BCUT2D eigenvalue weighted by Gasteiger charge is 2.20. The molecule has 1 unspecified atom stereocenters. The normalized spacial score (nSPS) is 16.8. The lowest BCUT2D eigenvalue weighted by molar-refractivity contribution is 0.0951. The van der Waals surface area contributed by atoms with E-state index >= 15 is 0 Å². The Bertz CT molecular complexity index is 883. The third-order valence-corrected chi connectivity index (χ3v) is 4.78. The first kappa shape index (κ1) is 15.0. The maximum absolute atomic E-state index is 12.5. The summed E-state index contributed by atoms with van der Waals surface area (Å²) in [5.74, 6) is -0.0455. The van der Waals surface area contributed by atoms with Gasteiger partial charge in [0.25, 0.3) is 5.91 Å². The van der Waals surface area contributed by atoms with Gasteiger partial charge in [-0.15, -0.1) is 0 Å². The molecular weight excluding hydrogens is 298 g/mol. The van der Waals surface area contributed by atoms with Gasteiger partial charge >= 0.3 is 0 Å². The molecule has 1 heterocycles. The van der Waals surface area contributed by atoms with E-state index < -0.39 is 0 Å². The van der Waals surface area contributed by atoms with Crippen molar-refractivity contribution >= 4 is 16.8 Å². The minimum absolute atomic E-state index is 0.0455. The summed E-state index contributed by atoms with van der Waals surface area (Å²) in [6.07, 6.45) is 2.88. The number of rotatable bonds is 3. The molecule has 4 heteroatoms. The van der Waals surface area contributed by atoms with Gasteiger partial charge in [-0.25, -0.2) is 0 Å². The number of nitrogens with two attached hydrogens (primary N) is 1. The highest BCUT2D eigenvalue weighted by Crippen LogP contribution is 2.29. The molecule has 0 radical (unpaired) electrons. The molecule has 0 fully saturated rings. The molecule has 122 valence electrons. The van der Waals surface area contributed by atoms with Crippen molar-refractivity contribution in [3.8, 4) is 0 Å². The second-order valence-corrected chi connectivity index (χ2v) is 6.51. The molecule has 1 amide bonds. The largest absolute Gasteiger partial charge is 0.358 e. The monoisotopic (exact) mass is 319 g/mol. The average Bonchev–Trinajstić information content (AvgIpc) is 2.97. The molecule has 4 rings (SSSR count). The van der Waals surface area contributed by atoms with E-state index in [9.17, 15) is 4.79 Å². The molecular formula is C20H21N3O. The van der Waals surface area contributed by atoms with E-state index in [1.54, 1.807) is 0 Å². The Morgan fingerprint density at radius 3 is 2.88 bits per heavy atom. The van der Waals surface area contributed by atoms with Gasteiger partial charge in [-0.2, -0.15) is 0 Å². The van der Waals surface area contributed by atoms with Crippen molar-refractivity contribution < 1.29 is 4.79 Å². The van der Waals surface area contributed by atoms with Crippen molar-refractivity contribution in [2.24, 2.45) is 5.73 Å². The quantitative estimate of drug-likeness (QED) is 0.694. The van der Waals surface area contributed by atoms with Crippen LogP contribution in [0.4, 0.5) is 0 Å². The van der Waals surface area contributed by atoms with E-state index in [2.05, 4.69) is 10.3 Å². The van der Waals surface area contributed by atoms with Gasteiger partial charge in [0.1, 0.15) is 0 Å². The zero-order chi connectivity index (χ0) is 16.5. The number of hydrogen-bond donors (Lipinski definition) is 3. The maximum Gasteiger partial charge on any atom is 0.251 e. The van der Waals surface area contributed by atoms with Gasteiger partial charge in [-0.3, -0.25) is 4.79 Å². The standard InChI is InChI=1S/C20H21N3O/c21-15-7-9-19-17(11-15)16-10-14(6-8-18(16)23-19)20(24)22-12-13-4-2-1-3-5-13/h1-6,8,10,15,23H,7,9,11-12,21H2,(H,22,24). The molecule has 1 aromatic heterocycles. The predicted octanol–water partition coefficient (Wildman–Crippen LogP) is 2.91. The molecule has 4 nitrogen and oxygen atoms in total. The zero-order valence-corrected chi connectivity index (χ0v) is 13.5. The SMILES string of the molecule is NC1CCc2[nH]c3ccc(C(=O)NCc4ccccc4)cc3c2C1. The average molecular weight is 319 g/mol. The Balaban J connectivity index is 1.58. The number of fused-ring (bicyclic) bond motifs is 3. The molecule has 2 aromatic carbocycles. The fourth-order valence-corrected chi connectivity index (χ4v) is 3.47. The Morgan fingerprint density at radius 1 is 1.21 bits per heavy atom. The lowest BCUT2D eigenvalue weighted by Crippen LogP contribution is -2.27. The van der Waals surface area contributed by atoms with Crippen LogP contribution in [-0.4, -0.2) is 16.9 Å². The van der Waals surface area contributed by atoms with E-state index in [1.165, 1.54) is 11.3 Å². The number of hydrogen-bond acceptors (Lipinski definition) is 2. The molecule has 3 aromatic rings. The lowest BCUT2D eigenvalue weighted by atomic mass is 9.92. The summed E-state index contributed by atoms with van der Waals surface area (Å²) in [6, 6.07) is 16.0. The fraction of sp³-hybridized carbons (Fsp3) is 0.250. The van der Waals surface area contributed by atoms with E-state index in [-0.39, 0.29) is 11.9 Å². The van der Waals surface area contributed by atoms with E-state index in [4.69, 9.17) is 5.73 Å². The van der Waals surface area contributed by atoms with E-state index in [1.807, 2.05) is 48.5 Å². The Labute approximate surface area is 141 Å². The van der Waals surface area contributed by atoms with Crippen LogP contribution in [-0.2, 0) is 19.4 Å². The summed E-state index contributed by atoms with van der Waals surface area (Å²) in [5.41, 5.74) is 11.5. The van der Waals surface area contributed by atoms with E-state index in [0.717, 1.165) is 35.7 Å². The summed E-state index contributed by atoms with van der Waals surface area (Å²) >= 11 is 0. The second kappa shape index (κ2) is 6.13. The third kappa shape index (κ3) is 2.81. The molecule has 0 saturated carbocycles. The third-order valence-electron chi connectivity index (χ3n) is 4.78. The van der Waals surface area contributed by atoms with Gasteiger partial charge in [0.15, 0.2) is 0 Å². The van der Waals surface area contributed by atoms with Crippen LogP contribution in [0.3, 0.4) is 0 Å². The van der Waals surface area contributed by atoms with Crippen LogP contribution in [0.1, 0.15) is 33.6 Å². The smallest absolute Gasteiger partial charge is 0.251 e. The van der Waals surface area contributed by atoms with Gasteiger partial charge in [0.05, 0.1) is 0 Å². The molecule has 0 bridgehead atoms. The number of aromatic amines is 1. The molecule has 1 aliphatic carbocycles. The minimum atomic E-state index is -0.0455. The molecule has 24 heavy (non-hydrogen) atoms. The number of benzene rings is 2. The van der Waals surface area contributed by atoms with Gasteiger partial charge in [0, 0.05) is 34.7 Å². The van der Waals surface area contributed by atoms with Crippen LogP contribution >= 0.6 is 0 Å². The molecule has 1 atom stereocenters. The van der Waals surface area contributed by atoms with Crippen molar-refractivity contribution in [2.45, 2.75) is 31.8 Å². The predicted molar refractivity (Wildman–Crippen MR) is 95.9 cm³/mol. The lowest BCUT2D eigenvalue weighted by Gasteiger charge is -2.18. The van der Waals surface area contributed by atoms with Crippen molar-refractivity contribution in [2.75, 3.05) is 0 Å². The molecule has 4 N–H and O–H groups in total. The first-order valence-corrected chi connectivity index (χ1v) is 8.42. The van der Waals surface area contributed by atoms with Crippen LogP contribution < -0.4 is 11.1 Å². The number of aryl methyl sites for hydroxylation is 1. The number of amides is 1. The minimum Gasteiger partial charge on any atom is -0.358 e. The van der Waals surface area contributed by atoms with Gasteiger partial charge in [-0.05, 0) is 48.6 Å². The van der Waals surface area contributed by atoms with Crippen LogP contribution in [0.2, 0.25) is 0 Å². The molecule has 0 saturated heterocycles. The van der Waals surface area contributed by atoms with Crippen molar-refractivity contribution in [1.29, 1.82) is 0 Å². The topological polar surface area (TPSA) is 70.9 Å². The van der Waals surface area contributed by atoms with Gasteiger partial charge in [-0.1, -0.05) is 30.3 Å². The first-order valence-electron chi connectivity index (χ1n) is 8.42. The fourth-order valence-electron chi connectivity index (χ4n) is 3.47.